The lowest BCUT2D eigenvalue weighted by Crippen LogP contribution is -2.16. The number of hydrogen-bond donors (Lipinski definition) is 2. The third-order valence-corrected chi connectivity index (χ3v) is 2.61. The van der Waals surface area contributed by atoms with Crippen molar-refractivity contribution in [3.05, 3.63) is 60.2 Å². The third kappa shape index (κ3) is 3.85. The van der Waals surface area contributed by atoms with E-state index in [4.69, 9.17) is 0 Å². The van der Waals surface area contributed by atoms with Crippen LogP contribution in [-0.4, -0.2) is 22.4 Å². The summed E-state index contributed by atoms with van der Waals surface area (Å²) in [5.74, 6) is -0.664. The smallest absolute Gasteiger partial charge is 0.274 e. The maximum absolute atomic E-state index is 13.5. The minimum Gasteiger partial charge on any atom is -0.351 e. The fraction of sp³-hybridized carbons (Fsp3) is 0.133. The average molecular weight is 286 g/mol. The van der Waals surface area contributed by atoms with Gasteiger partial charge in [0, 0.05) is 12.2 Å². The quantitative estimate of drug-likeness (QED) is 0.829. The minimum absolute atomic E-state index is 0.111. The summed E-state index contributed by atoms with van der Waals surface area (Å²) >= 11 is 0. The zero-order valence-corrected chi connectivity index (χ0v) is 11.6. The van der Waals surface area contributed by atoms with Gasteiger partial charge in [-0.2, -0.15) is 0 Å². The molecule has 6 heteroatoms. The van der Waals surface area contributed by atoms with E-state index >= 15 is 0 Å². The third-order valence-electron chi connectivity index (χ3n) is 2.61. The highest BCUT2D eigenvalue weighted by Gasteiger charge is 2.12. The number of nitrogens with zero attached hydrogens (tertiary/aromatic N) is 2. The molecule has 0 saturated carbocycles. The van der Waals surface area contributed by atoms with Gasteiger partial charge >= 0.3 is 0 Å². The Hall–Kier alpha value is -2.76. The summed E-state index contributed by atoms with van der Waals surface area (Å²) in [6, 6.07) is 7.49. The summed E-state index contributed by atoms with van der Waals surface area (Å²) in [5, 5.41) is 5.40. The molecule has 0 fully saturated rings. The van der Waals surface area contributed by atoms with E-state index in [1.807, 2.05) is 0 Å². The summed E-state index contributed by atoms with van der Waals surface area (Å²) in [6.45, 7) is 5.82. The van der Waals surface area contributed by atoms with Crippen molar-refractivity contribution in [2.75, 3.05) is 17.2 Å². The van der Waals surface area contributed by atoms with Gasteiger partial charge in [0.2, 0.25) is 5.95 Å². The molecule has 1 amide bonds. The fourth-order valence-corrected chi connectivity index (χ4v) is 1.68. The van der Waals surface area contributed by atoms with Crippen LogP contribution in [-0.2, 0) is 0 Å². The van der Waals surface area contributed by atoms with Gasteiger partial charge in [-0.25, -0.2) is 14.4 Å². The van der Waals surface area contributed by atoms with Crippen molar-refractivity contribution >= 4 is 17.5 Å². The Kier molecular flexibility index (Phi) is 4.61. The van der Waals surface area contributed by atoms with Crippen molar-refractivity contribution in [3.63, 3.8) is 0 Å². The van der Waals surface area contributed by atoms with E-state index in [0.717, 1.165) is 0 Å². The van der Waals surface area contributed by atoms with Crippen LogP contribution >= 0.6 is 0 Å². The van der Waals surface area contributed by atoms with Crippen LogP contribution in [0.5, 0.6) is 0 Å². The molecule has 0 aliphatic carbocycles. The summed E-state index contributed by atoms with van der Waals surface area (Å²) in [7, 11) is 0. The number of nitrogens with one attached hydrogen (secondary N) is 2. The molecule has 1 aromatic carbocycles. The van der Waals surface area contributed by atoms with Crippen molar-refractivity contribution in [1.82, 2.24) is 9.97 Å². The second-order valence-electron chi connectivity index (χ2n) is 4.32. The molecular formula is C15H15FN4O. The largest absolute Gasteiger partial charge is 0.351 e. The van der Waals surface area contributed by atoms with Gasteiger partial charge in [-0.05, 0) is 25.1 Å². The Morgan fingerprint density at radius 3 is 2.86 bits per heavy atom. The van der Waals surface area contributed by atoms with Gasteiger partial charge in [0.05, 0.1) is 5.69 Å². The summed E-state index contributed by atoms with van der Waals surface area (Å²) in [4.78, 5) is 20.4. The maximum atomic E-state index is 13.5. The predicted octanol–water partition coefficient (Wildman–Crippen LogP) is 2.77. The lowest BCUT2D eigenvalue weighted by atomic mass is 10.2. The average Bonchev–Trinajstić information content (AvgIpc) is 2.47. The number of amides is 1. The van der Waals surface area contributed by atoms with Gasteiger partial charge in [-0.1, -0.05) is 18.2 Å². The van der Waals surface area contributed by atoms with E-state index in [-0.39, 0.29) is 11.4 Å². The molecule has 0 atom stereocenters. The molecule has 0 spiro atoms. The van der Waals surface area contributed by atoms with Gasteiger partial charge in [-0.3, -0.25) is 4.79 Å². The molecule has 0 bridgehead atoms. The molecule has 108 valence electrons. The van der Waals surface area contributed by atoms with E-state index in [1.54, 1.807) is 25.1 Å². The second kappa shape index (κ2) is 6.60. The van der Waals surface area contributed by atoms with Crippen LogP contribution in [0.4, 0.5) is 16.0 Å². The van der Waals surface area contributed by atoms with Gasteiger partial charge < -0.3 is 10.6 Å². The van der Waals surface area contributed by atoms with Crippen LogP contribution < -0.4 is 10.6 Å². The topological polar surface area (TPSA) is 66.9 Å². The van der Waals surface area contributed by atoms with Crippen LogP contribution in [0.25, 0.3) is 0 Å². The number of carbonyl (C=O) groups is 1. The minimum atomic E-state index is -0.498. The molecule has 0 aliphatic heterocycles. The molecule has 0 saturated heterocycles. The summed E-state index contributed by atoms with van der Waals surface area (Å²) in [6.07, 6.45) is 1.66. The standard InChI is InChI=1S/C15H15FN4O/c1-3-8-17-15-18-10(2)9-13(20-15)14(21)19-12-7-5-4-6-11(12)16/h3-7,9H,1,8H2,2H3,(H,19,21)(H,17,18,20). The van der Waals surface area contributed by atoms with Gasteiger partial charge in [0.15, 0.2) is 0 Å². The van der Waals surface area contributed by atoms with Crippen molar-refractivity contribution in [1.29, 1.82) is 0 Å². The Morgan fingerprint density at radius 1 is 1.38 bits per heavy atom. The number of rotatable bonds is 5. The second-order valence-corrected chi connectivity index (χ2v) is 4.32. The van der Waals surface area contributed by atoms with E-state index in [2.05, 4.69) is 27.2 Å². The zero-order chi connectivity index (χ0) is 15.2. The highest BCUT2D eigenvalue weighted by molar-refractivity contribution is 6.03. The number of para-hydroxylation sites is 1. The number of aryl methyl sites for hydroxylation is 1. The fourth-order valence-electron chi connectivity index (χ4n) is 1.68. The highest BCUT2D eigenvalue weighted by Crippen LogP contribution is 2.14. The Labute approximate surface area is 121 Å². The Balaban J connectivity index is 2.20. The number of anilines is 2. The number of carbonyl (C=O) groups excluding carboxylic acids is 1. The molecule has 1 heterocycles. The first-order valence-electron chi connectivity index (χ1n) is 6.36. The van der Waals surface area contributed by atoms with Crippen LogP contribution in [0.3, 0.4) is 0 Å². The molecular weight excluding hydrogens is 271 g/mol. The maximum Gasteiger partial charge on any atom is 0.274 e. The first-order valence-corrected chi connectivity index (χ1v) is 6.36. The molecule has 2 rings (SSSR count). The number of aromatic nitrogens is 2. The van der Waals surface area contributed by atoms with Crippen molar-refractivity contribution < 1.29 is 9.18 Å². The van der Waals surface area contributed by atoms with Crippen LogP contribution in [0.15, 0.2) is 43.0 Å². The molecule has 5 nitrogen and oxygen atoms in total. The van der Waals surface area contributed by atoms with Crippen LogP contribution in [0, 0.1) is 12.7 Å². The highest BCUT2D eigenvalue weighted by atomic mass is 19.1. The normalized spacial score (nSPS) is 10.0. The van der Waals surface area contributed by atoms with E-state index in [9.17, 15) is 9.18 Å². The van der Waals surface area contributed by atoms with Gasteiger partial charge in [0.1, 0.15) is 11.5 Å². The lowest BCUT2D eigenvalue weighted by molar-refractivity contribution is 0.102. The van der Waals surface area contributed by atoms with Gasteiger partial charge in [-0.15, -0.1) is 6.58 Å². The Morgan fingerprint density at radius 2 is 2.14 bits per heavy atom. The van der Waals surface area contributed by atoms with E-state index < -0.39 is 11.7 Å². The van der Waals surface area contributed by atoms with Crippen molar-refractivity contribution in [3.8, 4) is 0 Å². The predicted molar refractivity (Wildman–Crippen MR) is 79.8 cm³/mol. The summed E-state index contributed by atoms with van der Waals surface area (Å²) < 4.78 is 13.5. The van der Waals surface area contributed by atoms with E-state index in [0.29, 0.717) is 18.2 Å². The van der Waals surface area contributed by atoms with E-state index in [1.165, 1.54) is 18.2 Å². The number of benzene rings is 1. The first kappa shape index (κ1) is 14.6. The van der Waals surface area contributed by atoms with Crippen LogP contribution in [0.1, 0.15) is 16.2 Å². The Bertz CT molecular complexity index is 672. The number of hydrogen-bond acceptors (Lipinski definition) is 4. The number of halogens is 1. The molecule has 1 aromatic heterocycles. The molecule has 2 aromatic rings. The first-order chi connectivity index (χ1) is 10.1. The lowest BCUT2D eigenvalue weighted by Gasteiger charge is -2.08. The molecule has 0 aliphatic rings. The SMILES string of the molecule is C=CCNc1nc(C)cc(C(=O)Nc2ccccc2F)n1. The van der Waals surface area contributed by atoms with Crippen molar-refractivity contribution in [2.45, 2.75) is 6.92 Å². The van der Waals surface area contributed by atoms with Crippen molar-refractivity contribution in [2.24, 2.45) is 0 Å². The van der Waals surface area contributed by atoms with Gasteiger partial charge in [0.25, 0.3) is 5.91 Å². The zero-order valence-electron chi connectivity index (χ0n) is 11.6. The monoisotopic (exact) mass is 286 g/mol. The summed E-state index contributed by atoms with van der Waals surface area (Å²) in [5.41, 5.74) is 0.909. The van der Waals surface area contributed by atoms with Crippen LogP contribution in [0.2, 0.25) is 0 Å². The molecule has 0 unspecified atom stereocenters. The molecule has 21 heavy (non-hydrogen) atoms. The molecule has 0 radical (unpaired) electrons. The molecule has 2 N–H and O–H groups in total.